The Kier molecular flexibility index (Phi) is 4.59. The molecule has 0 atom stereocenters. The smallest absolute Gasteiger partial charge is 0.291 e. The summed E-state index contributed by atoms with van der Waals surface area (Å²) in [6.45, 7) is 2.28. The number of rotatable bonds is 3. The molecule has 0 aliphatic rings. The van der Waals surface area contributed by atoms with Crippen LogP contribution in [0.25, 0.3) is 0 Å². The van der Waals surface area contributed by atoms with E-state index in [2.05, 4.69) is 17.2 Å². The number of carbonyl (C=O) groups excluding carboxylic acids is 1. The zero-order valence-corrected chi connectivity index (χ0v) is 11.3. The van der Waals surface area contributed by atoms with E-state index < -0.39 is 0 Å². The second kappa shape index (κ2) is 6.60. The second-order valence-corrected chi connectivity index (χ2v) is 4.16. The largest absolute Gasteiger partial charge is 0.456 e. The van der Waals surface area contributed by atoms with E-state index in [9.17, 15) is 4.79 Å². The van der Waals surface area contributed by atoms with Crippen molar-refractivity contribution in [1.82, 2.24) is 0 Å². The minimum absolute atomic E-state index is 0.270. The van der Waals surface area contributed by atoms with Crippen molar-refractivity contribution >= 4 is 11.6 Å². The van der Waals surface area contributed by atoms with E-state index in [1.807, 2.05) is 19.1 Å². The van der Waals surface area contributed by atoms with E-state index in [4.69, 9.17) is 10.2 Å². The highest BCUT2D eigenvalue weighted by atomic mass is 16.3. The lowest BCUT2D eigenvalue weighted by molar-refractivity contribution is 0.0995. The van der Waals surface area contributed by atoms with Crippen LogP contribution in [0.15, 0.2) is 40.8 Å². The molecule has 0 bridgehead atoms. The summed E-state index contributed by atoms with van der Waals surface area (Å²) >= 11 is 0. The van der Waals surface area contributed by atoms with Gasteiger partial charge in [-0.1, -0.05) is 24.8 Å². The van der Waals surface area contributed by atoms with Crippen molar-refractivity contribution in [3.8, 4) is 11.8 Å². The Morgan fingerprint density at radius 1 is 1.35 bits per heavy atom. The molecule has 102 valence electrons. The SMILES string of the molecule is CCc1ccc(C(=O)Nc2cccc(C#CCN)c2)o1. The summed E-state index contributed by atoms with van der Waals surface area (Å²) in [5.74, 6) is 6.52. The van der Waals surface area contributed by atoms with Gasteiger partial charge in [-0.2, -0.15) is 0 Å². The minimum atomic E-state index is -0.270. The van der Waals surface area contributed by atoms with Crippen LogP contribution in [0.2, 0.25) is 0 Å². The molecule has 20 heavy (non-hydrogen) atoms. The van der Waals surface area contributed by atoms with E-state index in [1.54, 1.807) is 24.3 Å². The van der Waals surface area contributed by atoms with Crippen molar-refractivity contribution in [2.45, 2.75) is 13.3 Å². The van der Waals surface area contributed by atoms with Gasteiger partial charge in [-0.15, -0.1) is 0 Å². The summed E-state index contributed by atoms with van der Waals surface area (Å²) in [7, 11) is 0. The molecule has 0 radical (unpaired) electrons. The third-order valence-corrected chi connectivity index (χ3v) is 2.69. The maximum absolute atomic E-state index is 12.0. The first-order valence-electron chi connectivity index (χ1n) is 6.42. The van der Waals surface area contributed by atoms with Crippen molar-refractivity contribution in [1.29, 1.82) is 0 Å². The first kappa shape index (κ1) is 13.9. The standard InChI is InChI=1S/C16H16N2O2/c1-2-14-8-9-15(20-14)16(19)18-13-7-3-5-12(11-13)6-4-10-17/h3,5,7-9,11H,2,10,17H2,1H3,(H,18,19). The van der Waals surface area contributed by atoms with Crippen molar-refractivity contribution in [3.63, 3.8) is 0 Å². The molecule has 3 N–H and O–H groups in total. The molecule has 1 heterocycles. The summed E-state index contributed by atoms with van der Waals surface area (Å²) in [6.07, 6.45) is 0.761. The molecule has 4 heteroatoms. The Morgan fingerprint density at radius 2 is 2.20 bits per heavy atom. The maximum Gasteiger partial charge on any atom is 0.291 e. The lowest BCUT2D eigenvalue weighted by Crippen LogP contribution is -2.10. The predicted molar refractivity (Wildman–Crippen MR) is 78.4 cm³/mol. The third-order valence-electron chi connectivity index (χ3n) is 2.69. The van der Waals surface area contributed by atoms with Crippen LogP contribution in [-0.4, -0.2) is 12.5 Å². The number of nitrogens with two attached hydrogens (primary N) is 1. The molecule has 1 amide bonds. The molecule has 0 saturated heterocycles. The van der Waals surface area contributed by atoms with Gasteiger partial charge in [0, 0.05) is 17.7 Å². The topological polar surface area (TPSA) is 68.3 Å². The monoisotopic (exact) mass is 268 g/mol. The first-order chi connectivity index (χ1) is 9.72. The number of amides is 1. The summed E-state index contributed by atoms with van der Waals surface area (Å²) in [6, 6.07) is 10.8. The zero-order chi connectivity index (χ0) is 14.4. The van der Waals surface area contributed by atoms with Crippen LogP contribution < -0.4 is 11.1 Å². The van der Waals surface area contributed by atoms with Crippen LogP contribution in [0, 0.1) is 11.8 Å². The number of benzene rings is 1. The number of furan rings is 1. The lowest BCUT2D eigenvalue weighted by atomic mass is 10.2. The summed E-state index contributed by atoms with van der Waals surface area (Å²) in [4.78, 5) is 12.0. The number of carbonyl (C=O) groups is 1. The highest BCUT2D eigenvalue weighted by molar-refractivity contribution is 6.02. The van der Waals surface area contributed by atoms with Crippen LogP contribution in [0.1, 0.15) is 28.8 Å². The van der Waals surface area contributed by atoms with E-state index in [1.165, 1.54) is 0 Å². The van der Waals surface area contributed by atoms with Crippen LogP contribution in [0.5, 0.6) is 0 Å². The van der Waals surface area contributed by atoms with Crippen LogP contribution in [0.3, 0.4) is 0 Å². The van der Waals surface area contributed by atoms with E-state index in [-0.39, 0.29) is 5.91 Å². The average molecular weight is 268 g/mol. The number of hydrogen-bond acceptors (Lipinski definition) is 3. The van der Waals surface area contributed by atoms with Crippen molar-refractivity contribution in [2.24, 2.45) is 5.73 Å². The Balaban J connectivity index is 2.11. The molecular formula is C16H16N2O2. The molecule has 0 spiro atoms. The highest BCUT2D eigenvalue weighted by Gasteiger charge is 2.10. The Bertz CT molecular complexity index is 662. The molecule has 0 saturated carbocycles. The van der Waals surface area contributed by atoms with Gasteiger partial charge in [0.2, 0.25) is 0 Å². The number of nitrogens with one attached hydrogen (secondary N) is 1. The lowest BCUT2D eigenvalue weighted by Gasteiger charge is -2.03. The van der Waals surface area contributed by atoms with Gasteiger partial charge >= 0.3 is 0 Å². The molecule has 0 aliphatic carbocycles. The molecule has 0 unspecified atom stereocenters. The average Bonchev–Trinajstić information content (AvgIpc) is 2.94. The highest BCUT2D eigenvalue weighted by Crippen LogP contribution is 2.14. The molecular weight excluding hydrogens is 252 g/mol. The minimum Gasteiger partial charge on any atom is -0.456 e. The number of hydrogen-bond donors (Lipinski definition) is 2. The molecule has 2 aromatic rings. The van der Waals surface area contributed by atoms with Gasteiger partial charge in [0.1, 0.15) is 5.76 Å². The third kappa shape index (κ3) is 3.50. The molecule has 0 fully saturated rings. The fraction of sp³-hybridized carbons (Fsp3) is 0.188. The summed E-state index contributed by atoms with van der Waals surface area (Å²) in [5.41, 5.74) is 6.81. The Hall–Kier alpha value is -2.51. The van der Waals surface area contributed by atoms with Crippen LogP contribution >= 0.6 is 0 Å². The first-order valence-corrected chi connectivity index (χ1v) is 6.42. The molecule has 1 aromatic heterocycles. The van der Waals surface area contributed by atoms with Gasteiger partial charge in [-0.25, -0.2) is 0 Å². The number of aryl methyl sites for hydroxylation is 1. The van der Waals surface area contributed by atoms with Gasteiger partial charge in [0.15, 0.2) is 5.76 Å². The van der Waals surface area contributed by atoms with Crippen LogP contribution in [-0.2, 0) is 6.42 Å². The zero-order valence-electron chi connectivity index (χ0n) is 11.3. The van der Waals surface area contributed by atoms with Gasteiger partial charge in [-0.05, 0) is 30.3 Å². The van der Waals surface area contributed by atoms with Crippen molar-refractivity contribution in [3.05, 3.63) is 53.5 Å². The Labute approximate surface area is 118 Å². The van der Waals surface area contributed by atoms with Gasteiger partial charge in [0.25, 0.3) is 5.91 Å². The van der Waals surface area contributed by atoms with E-state index >= 15 is 0 Å². The Morgan fingerprint density at radius 3 is 2.90 bits per heavy atom. The van der Waals surface area contributed by atoms with E-state index in [0.717, 1.165) is 17.7 Å². The van der Waals surface area contributed by atoms with Crippen LogP contribution in [0.4, 0.5) is 5.69 Å². The van der Waals surface area contributed by atoms with Gasteiger partial charge in [0.05, 0.1) is 6.54 Å². The fourth-order valence-corrected chi connectivity index (χ4v) is 1.71. The normalized spacial score (nSPS) is 9.70. The van der Waals surface area contributed by atoms with Crippen molar-refractivity contribution < 1.29 is 9.21 Å². The quantitative estimate of drug-likeness (QED) is 0.840. The summed E-state index contributed by atoms with van der Waals surface area (Å²) in [5, 5.41) is 2.78. The molecule has 4 nitrogen and oxygen atoms in total. The number of anilines is 1. The predicted octanol–water partition coefficient (Wildman–Crippen LogP) is 2.40. The van der Waals surface area contributed by atoms with Crippen molar-refractivity contribution in [2.75, 3.05) is 11.9 Å². The van der Waals surface area contributed by atoms with E-state index in [0.29, 0.717) is 18.0 Å². The molecule has 0 aliphatic heterocycles. The van der Waals surface area contributed by atoms with Gasteiger partial charge < -0.3 is 15.5 Å². The molecule has 2 rings (SSSR count). The second-order valence-electron chi connectivity index (χ2n) is 4.16. The van der Waals surface area contributed by atoms with Gasteiger partial charge in [-0.3, -0.25) is 4.79 Å². The summed E-state index contributed by atoms with van der Waals surface area (Å²) < 4.78 is 5.41. The maximum atomic E-state index is 12.0. The molecule has 1 aromatic carbocycles. The fourth-order valence-electron chi connectivity index (χ4n) is 1.71.